The smallest absolute Gasteiger partial charge is 0.240 e. The van der Waals surface area contributed by atoms with Gasteiger partial charge in [-0.25, -0.2) is 13.1 Å². The highest BCUT2D eigenvalue weighted by Gasteiger charge is 2.45. The average molecular weight is 387 g/mol. The molecule has 144 valence electrons. The highest BCUT2D eigenvalue weighted by Crippen LogP contribution is 2.43. The molecule has 0 saturated heterocycles. The maximum absolute atomic E-state index is 12.8. The number of amides is 1. The van der Waals surface area contributed by atoms with E-state index < -0.39 is 15.4 Å². The molecule has 0 unspecified atom stereocenters. The molecule has 2 N–H and O–H groups in total. The highest BCUT2D eigenvalue weighted by atomic mass is 32.2. The lowest BCUT2D eigenvalue weighted by Crippen LogP contribution is -2.50. The number of aryl methyl sites for hydroxylation is 2. The zero-order valence-electron chi connectivity index (χ0n) is 15.8. The molecule has 1 fully saturated rings. The lowest BCUT2D eigenvalue weighted by Gasteiger charge is -2.40. The number of sulfonamides is 1. The molecule has 0 radical (unpaired) electrons. The number of carbonyl (C=O) groups is 1. The molecule has 2 aromatic carbocycles. The third-order valence-electron chi connectivity index (χ3n) is 5.30. The van der Waals surface area contributed by atoms with Crippen LogP contribution in [0.15, 0.2) is 53.4 Å². The number of hydrogen-bond acceptors (Lipinski definition) is 3. The lowest BCUT2D eigenvalue weighted by molar-refractivity contribution is -0.129. The Bertz CT molecular complexity index is 920. The molecular weight excluding hydrogens is 360 g/mol. The van der Waals surface area contributed by atoms with Crippen LogP contribution >= 0.6 is 0 Å². The Labute approximate surface area is 161 Å². The molecule has 1 saturated carbocycles. The Morgan fingerprint density at radius 1 is 1.04 bits per heavy atom. The summed E-state index contributed by atoms with van der Waals surface area (Å²) in [7, 11) is -3.59. The predicted molar refractivity (Wildman–Crippen MR) is 106 cm³/mol. The van der Waals surface area contributed by atoms with Gasteiger partial charge in [0.25, 0.3) is 0 Å². The summed E-state index contributed by atoms with van der Waals surface area (Å²) in [6.45, 7) is 4.06. The molecule has 27 heavy (non-hydrogen) atoms. The van der Waals surface area contributed by atoms with Gasteiger partial charge in [-0.1, -0.05) is 48.9 Å². The van der Waals surface area contributed by atoms with Gasteiger partial charge in [0, 0.05) is 13.1 Å². The Morgan fingerprint density at radius 2 is 1.74 bits per heavy atom. The van der Waals surface area contributed by atoms with E-state index in [1.165, 1.54) is 0 Å². The summed E-state index contributed by atoms with van der Waals surface area (Å²) < 4.78 is 27.6. The minimum absolute atomic E-state index is 0.0223. The molecule has 5 nitrogen and oxygen atoms in total. The minimum atomic E-state index is -3.59. The maximum atomic E-state index is 12.8. The van der Waals surface area contributed by atoms with Crippen molar-refractivity contribution in [2.75, 3.05) is 13.1 Å². The van der Waals surface area contributed by atoms with Gasteiger partial charge in [-0.3, -0.25) is 4.79 Å². The van der Waals surface area contributed by atoms with E-state index in [1.54, 1.807) is 19.1 Å². The quantitative estimate of drug-likeness (QED) is 0.719. The summed E-state index contributed by atoms with van der Waals surface area (Å²) in [5, 5.41) is 2.91. The van der Waals surface area contributed by atoms with Gasteiger partial charge >= 0.3 is 0 Å². The number of nitrogens with one attached hydrogen (secondary N) is 2. The predicted octanol–water partition coefficient (Wildman–Crippen LogP) is 2.82. The van der Waals surface area contributed by atoms with Crippen molar-refractivity contribution in [2.45, 2.75) is 43.4 Å². The Kier molecular flexibility index (Phi) is 5.67. The van der Waals surface area contributed by atoms with Crippen molar-refractivity contribution in [1.82, 2.24) is 10.0 Å². The van der Waals surface area contributed by atoms with Gasteiger partial charge in [0.2, 0.25) is 15.9 Å². The van der Waals surface area contributed by atoms with Gasteiger partial charge in [-0.05, 0) is 49.4 Å². The van der Waals surface area contributed by atoms with Crippen molar-refractivity contribution in [2.24, 2.45) is 0 Å². The summed E-state index contributed by atoms with van der Waals surface area (Å²) in [5.41, 5.74) is 2.16. The van der Waals surface area contributed by atoms with E-state index in [-0.39, 0.29) is 23.9 Å². The molecule has 6 heteroatoms. The molecule has 0 aromatic heterocycles. The SMILES string of the molecule is Cc1ccc(C)c(S(=O)(=O)NCCNC(=O)C2(c3ccccc3)CCC2)c1. The fraction of sp³-hybridized carbons (Fsp3) is 0.381. The number of rotatable bonds is 7. The molecule has 1 aliphatic rings. The van der Waals surface area contributed by atoms with Crippen molar-refractivity contribution in [3.63, 3.8) is 0 Å². The van der Waals surface area contributed by atoms with Crippen LogP contribution in [0.3, 0.4) is 0 Å². The second kappa shape index (κ2) is 7.82. The fourth-order valence-corrected chi connectivity index (χ4v) is 4.90. The van der Waals surface area contributed by atoms with Crippen LogP contribution in [0.2, 0.25) is 0 Å². The summed E-state index contributed by atoms with van der Waals surface area (Å²) in [6.07, 6.45) is 2.69. The van der Waals surface area contributed by atoms with Crippen LogP contribution in [0.25, 0.3) is 0 Å². The molecule has 2 aromatic rings. The topological polar surface area (TPSA) is 75.3 Å². The molecule has 0 aliphatic heterocycles. The van der Waals surface area contributed by atoms with Crippen molar-refractivity contribution < 1.29 is 13.2 Å². The summed E-state index contributed by atoms with van der Waals surface area (Å²) >= 11 is 0. The summed E-state index contributed by atoms with van der Waals surface area (Å²) in [4.78, 5) is 13.0. The van der Waals surface area contributed by atoms with Crippen LogP contribution in [-0.2, 0) is 20.2 Å². The number of benzene rings is 2. The Balaban J connectivity index is 1.58. The summed E-state index contributed by atoms with van der Waals surface area (Å²) in [6, 6.07) is 15.2. The molecule has 0 atom stereocenters. The van der Waals surface area contributed by atoms with E-state index in [1.807, 2.05) is 43.3 Å². The molecule has 1 aliphatic carbocycles. The van der Waals surface area contributed by atoms with Crippen molar-refractivity contribution in [3.05, 3.63) is 65.2 Å². The first-order chi connectivity index (χ1) is 12.8. The van der Waals surface area contributed by atoms with E-state index in [2.05, 4.69) is 10.0 Å². The third kappa shape index (κ3) is 4.06. The Hall–Kier alpha value is -2.18. The lowest BCUT2D eigenvalue weighted by atomic mass is 9.64. The van der Waals surface area contributed by atoms with Gasteiger partial charge in [0.1, 0.15) is 0 Å². The fourth-order valence-electron chi connectivity index (χ4n) is 3.54. The highest BCUT2D eigenvalue weighted by molar-refractivity contribution is 7.89. The first-order valence-electron chi connectivity index (χ1n) is 9.26. The van der Waals surface area contributed by atoms with Crippen LogP contribution in [0.4, 0.5) is 0 Å². The molecule has 0 bridgehead atoms. The van der Waals surface area contributed by atoms with Gasteiger partial charge < -0.3 is 5.32 Å². The molecule has 1 amide bonds. The number of carbonyl (C=O) groups excluding carboxylic acids is 1. The zero-order valence-corrected chi connectivity index (χ0v) is 16.6. The second-order valence-electron chi connectivity index (χ2n) is 7.22. The van der Waals surface area contributed by atoms with E-state index in [9.17, 15) is 13.2 Å². The first kappa shape index (κ1) is 19.6. The third-order valence-corrected chi connectivity index (χ3v) is 6.91. The van der Waals surface area contributed by atoms with E-state index in [0.29, 0.717) is 5.56 Å². The van der Waals surface area contributed by atoms with E-state index >= 15 is 0 Å². The van der Waals surface area contributed by atoms with Gasteiger partial charge in [0.15, 0.2) is 0 Å². The maximum Gasteiger partial charge on any atom is 0.240 e. The van der Waals surface area contributed by atoms with Crippen LogP contribution in [0.1, 0.15) is 36.0 Å². The van der Waals surface area contributed by atoms with Crippen LogP contribution in [0.5, 0.6) is 0 Å². The number of hydrogen-bond donors (Lipinski definition) is 2. The van der Waals surface area contributed by atoms with Crippen molar-refractivity contribution >= 4 is 15.9 Å². The van der Waals surface area contributed by atoms with Gasteiger partial charge in [-0.15, -0.1) is 0 Å². The minimum Gasteiger partial charge on any atom is -0.354 e. The van der Waals surface area contributed by atoms with E-state index in [4.69, 9.17) is 0 Å². The summed E-state index contributed by atoms with van der Waals surface area (Å²) in [5.74, 6) is -0.0223. The Morgan fingerprint density at radius 3 is 2.37 bits per heavy atom. The van der Waals surface area contributed by atoms with Crippen LogP contribution in [0, 0.1) is 13.8 Å². The van der Waals surface area contributed by atoms with Gasteiger partial charge in [-0.2, -0.15) is 0 Å². The molecule has 0 spiro atoms. The van der Waals surface area contributed by atoms with Crippen molar-refractivity contribution in [1.29, 1.82) is 0 Å². The van der Waals surface area contributed by atoms with Crippen LogP contribution in [-0.4, -0.2) is 27.4 Å². The largest absolute Gasteiger partial charge is 0.354 e. The van der Waals surface area contributed by atoms with Crippen molar-refractivity contribution in [3.8, 4) is 0 Å². The standard InChI is InChI=1S/C21H26N2O3S/c1-16-9-10-17(2)19(15-16)27(25,26)23-14-13-22-20(24)21(11-6-12-21)18-7-4-3-5-8-18/h3-5,7-10,15,23H,6,11-14H2,1-2H3,(H,22,24). The molecule has 3 rings (SSSR count). The monoisotopic (exact) mass is 386 g/mol. The van der Waals surface area contributed by atoms with Crippen LogP contribution < -0.4 is 10.0 Å². The average Bonchev–Trinajstić information content (AvgIpc) is 2.61. The molecule has 0 heterocycles. The van der Waals surface area contributed by atoms with E-state index in [0.717, 1.165) is 30.4 Å². The second-order valence-corrected chi connectivity index (χ2v) is 8.96. The van der Waals surface area contributed by atoms with Gasteiger partial charge in [0.05, 0.1) is 10.3 Å². The zero-order chi connectivity index (χ0) is 19.5. The molecular formula is C21H26N2O3S. The first-order valence-corrected chi connectivity index (χ1v) is 10.7. The normalized spacial score (nSPS) is 15.8.